The Morgan fingerprint density at radius 1 is 0.929 bits per heavy atom. The summed E-state index contributed by atoms with van der Waals surface area (Å²) in [4.78, 5) is 24.6. The van der Waals surface area contributed by atoms with E-state index in [-0.39, 0.29) is 18.4 Å². The molecule has 0 spiro atoms. The van der Waals surface area contributed by atoms with Crippen molar-refractivity contribution < 1.29 is 14.3 Å². The van der Waals surface area contributed by atoms with Crippen molar-refractivity contribution in [2.75, 3.05) is 17.2 Å². The molecule has 0 atom stereocenters. The van der Waals surface area contributed by atoms with Crippen LogP contribution in [0.1, 0.15) is 15.9 Å². The molecule has 5 nitrogen and oxygen atoms in total. The van der Waals surface area contributed by atoms with Crippen molar-refractivity contribution in [3.8, 4) is 5.75 Å². The largest absolute Gasteiger partial charge is 0.483 e. The fraction of sp³-hybridized carbons (Fsp3) is 0.0909. The van der Waals surface area contributed by atoms with Gasteiger partial charge in [-0.25, -0.2) is 0 Å². The quantitative estimate of drug-likeness (QED) is 0.623. The summed E-state index contributed by atoms with van der Waals surface area (Å²) in [6.07, 6.45) is 0. The molecule has 0 aliphatic carbocycles. The van der Waals surface area contributed by atoms with Gasteiger partial charge in [0.2, 0.25) is 0 Å². The van der Waals surface area contributed by atoms with Crippen molar-refractivity contribution in [3.05, 3.63) is 88.9 Å². The number of benzene rings is 3. The molecule has 2 amide bonds. The lowest BCUT2D eigenvalue weighted by molar-refractivity contribution is -0.118. The van der Waals surface area contributed by atoms with Crippen molar-refractivity contribution in [3.63, 3.8) is 0 Å². The number of hydrogen-bond donors (Lipinski definition) is 2. The summed E-state index contributed by atoms with van der Waals surface area (Å²) in [7, 11) is 0. The summed E-state index contributed by atoms with van der Waals surface area (Å²) in [6, 6.07) is 21.1. The Labute approximate surface area is 168 Å². The minimum absolute atomic E-state index is 0.124. The SMILES string of the molecule is Cc1ccccc1OCC(=O)Nc1cccc(C(=O)Nc2ccccc2Cl)c1. The molecule has 3 aromatic rings. The highest BCUT2D eigenvalue weighted by Gasteiger charge is 2.10. The van der Waals surface area contributed by atoms with Crippen LogP contribution >= 0.6 is 11.6 Å². The molecule has 0 aliphatic heterocycles. The van der Waals surface area contributed by atoms with Gasteiger partial charge in [0.15, 0.2) is 6.61 Å². The summed E-state index contributed by atoms with van der Waals surface area (Å²) in [5.74, 6) is 0.0257. The molecule has 0 saturated heterocycles. The maximum atomic E-state index is 12.4. The van der Waals surface area contributed by atoms with E-state index in [9.17, 15) is 9.59 Å². The normalized spacial score (nSPS) is 10.2. The monoisotopic (exact) mass is 394 g/mol. The molecule has 0 radical (unpaired) electrons. The standard InChI is InChI=1S/C22H19ClN2O3/c1-15-7-2-5-12-20(15)28-14-21(26)24-17-9-6-8-16(13-17)22(27)25-19-11-4-3-10-18(19)23/h2-13H,14H2,1H3,(H,24,26)(H,25,27). The van der Waals surface area contributed by atoms with Gasteiger partial charge < -0.3 is 15.4 Å². The first-order valence-electron chi connectivity index (χ1n) is 8.67. The fourth-order valence-electron chi connectivity index (χ4n) is 2.55. The lowest BCUT2D eigenvalue weighted by Crippen LogP contribution is -2.21. The summed E-state index contributed by atoms with van der Waals surface area (Å²) >= 11 is 6.07. The summed E-state index contributed by atoms with van der Waals surface area (Å²) < 4.78 is 5.53. The summed E-state index contributed by atoms with van der Waals surface area (Å²) in [5.41, 5.74) is 2.38. The zero-order chi connectivity index (χ0) is 19.9. The number of halogens is 1. The topological polar surface area (TPSA) is 67.4 Å². The molecule has 0 aromatic heterocycles. The van der Waals surface area contributed by atoms with Gasteiger partial charge in [-0.1, -0.05) is 48.0 Å². The highest BCUT2D eigenvalue weighted by Crippen LogP contribution is 2.22. The van der Waals surface area contributed by atoms with Crippen LogP contribution in [0.25, 0.3) is 0 Å². The zero-order valence-electron chi connectivity index (χ0n) is 15.2. The van der Waals surface area contributed by atoms with E-state index >= 15 is 0 Å². The van der Waals surface area contributed by atoms with Crippen LogP contribution in [0.15, 0.2) is 72.8 Å². The van der Waals surface area contributed by atoms with E-state index < -0.39 is 0 Å². The predicted molar refractivity (Wildman–Crippen MR) is 111 cm³/mol. The van der Waals surface area contributed by atoms with E-state index in [0.717, 1.165) is 5.56 Å². The molecule has 0 saturated carbocycles. The lowest BCUT2D eigenvalue weighted by Gasteiger charge is -2.11. The number of rotatable bonds is 6. The number of anilines is 2. The van der Waals surface area contributed by atoms with Crippen molar-refractivity contribution >= 4 is 34.8 Å². The van der Waals surface area contributed by atoms with Crippen molar-refractivity contribution in [1.82, 2.24) is 0 Å². The second-order valence-corrected chi connectivity index (χ2v) is 6.52. The molecule has 142 valence electrons. The maximum Gasteiger partial charge on any atom is 0.262 e. The van der Waals surface area contributed by atoms with Crippen LogP contribution in [0.2, 0.25) is 5.02 Å². The molecule has 3 aromatic carbocycles. The number of carbonyl (C=O) groups excluding carboxylic acids is 2. The Hall–Kier alpha value is -3.31. The summed E-state index contributed by atoms with van der Waals surface area (Å²) in [5, 5.41) is 5.94. The van der Waals surface area contributed by atoms with Crippen LogP contribution in [0.4, 0.5) is 11.4 Å². The van der Waals surface area contributed by atoms with Gasteiger partial charge in [0.05, 0.1) is 10.7 Å². The van der Waals surface area contributed by atoms with Crippen LogP contribution in [0, 0.1) is 6.92 Å². The molecular formula is C22H19ClN2O3. The van der Waals surface area contributed by atoms with Crippen LogP contribution in [-0.4, -0.2) is 18.4 Å². The number of amides is 2. The van der Waals surface area contributed by atoms with Crippen molar-refractivity contribution in [1.29, 1.82) is 0 Å². The number of nitrogens with one attached hydrogen (secondary N) is 2. The van der Waals surface area contributed by atoms with Gasteiger partial charge in [-0.2, -0.15) is 0 Å². The van der Waals surface area contributed by atoms with E-state index in [4.69, 9.17) is 16.3 Å². The summed E-state index contributed by atoms with van der Waals surface area (Å²) in [6.45, 7) is 1.79. The average molecular weight is 395 g/mol. The van der Waals surface area contributed by atoms with Crippen LogP contribution in [0.5, 0.6) is 5.75 Å². The Balaban J connectivity index is 1.61. The molecule has 3 rings (SSSR count). The Morgan fingerprint density at radius 2 is 1.68 bits per heavy atom. The first-order chi connectivity index (χ1) is 13.5. The average Bonchev–Trinajstić information content (AvgIpc) is 2.69. The number of carbonyl (C=O) groups is 2. The van der Waals surface area contributed by atoms with Crippen LogP contribution in [-0.2, 0) is 4.79 Å². The van der Waals surface area contributed by atoms with Crippen LogP contribution < -0.4 is 15.4 Å². The van der Waals surface area contributed by atoms with E-state index in [1.54, 1.807) is 48.5 Å². The van der Waals surface area contributed by atoms with Gasteiger partial charge in [-0.15, -0.1) is 0 Å². The van der Waals surface area contributed by atoms with Gasteiger partial charge in [0.25, 0.3) is 11.8 Å². The van der Waals surface area contributed by atoms with Gasteiger partial charge in [-0.05, 0) is 48.9 Å². The molecule has 6 heteroatoms. The molecule has 0 bridgehead atoms. The minimum Gasteiger partial charge on any atom is -0.483 e. The van der Waals surface area contributed by atoms with Gasteiger partial charge in [0, 0.05) is 11.3 Å². The van der Waals surface area contributed by atoms with Gasteiger partial charge >= 0.3 is 0 Å². The molecule has 0 heterocycles. The van der Waals surface area contributed by atoms with E-state index in [2.05, 4.69) is 10.6 Å². The van der Waals surface area contributed by atoms with E-state index in [1.165, 1.54) is 0 Å². The first kappa shape index (κ1) is 19.5. The Morgan fingerprint density at radius 3 is 2.46 bits per heavy atom. The molecule has 2 N–H and O–H groups in total. The molecule has 0 unspecified atom stereocenters. The van der Waals surface area contributed by atoms with Crippen molar-refractivity contribution in [2.24, 2.45) is 0 Å². The molecule has 0 aliphatic rings. The third-order valence-corrected chi connectivity index (χ3v) is 4.31. The number of para-hydroxylation sites is 2. The van der Waals surface area contributed by atoms with Crippen molar-refractivity contribution in [2.45, 2.75) is 6.92 Å². The number of aryl methyl sites for hydroxylation is 1. The number of ether oxygens (including phenoxy) is 1. The van der Waals surface area contributed by atoms with Gasteiger partial charge in [-0.3, -0.25) is 9.59 Å². The third kappa shape index (κ3) is 5.11. The predicted octanol–water partition coefficient (Wildman–Crippen LogP) is 4.92. The lowest BCUT2D eigenvalue weighted by atomic mass is 10.2. The number of hydrogen-bond acceptors (Lipinski definition) is 3. The minimum atomic E-state index is -0.319. The smallest absolute Gasteiger partial charge is 0.262 e. The van der Waals surface area contributed by atoms with Crippen LogP contribution in [0.3, 0.4) is 0 Å². The second-order valence-electron chi connectivity index (χ2n) is 6.12. The molecular weight excluding hydrogens is 376 g/mol. The zero-order valence-corrected chi connectivity index (χ0v) is 16.0. The molecule has 0 fully saturated rings. The van der Waals surface area contributed by atoms with Gasteiger partial charge in [0.1, 0.15) is 5.75 Å². The molecule has 28 heavy (non-hydrogen) atoms. The highest BCUT2D eigenvalue weighted by molar-refractivity contribution is 6.33. The maximum absolute atomic E-state index is 12.4. The fourth-order valence-corrected chi connectivity index (χ4v) is 2.74. The van der Waals surface area contributed by atoms with E-state index in [0.29, 0.717) is 27.7 Å². The third-order valence-electron chi connectivity index (χ3n) is 3.98. The van der Waals surface area contributed by atoms with E-state index in [1.807, 2.05) is 31.2 Å². The Bertz CT molecular complexity index is 1000. The Kier molecular flexibility index (Phi) is 6.29. The first-order valence-corrected chi connectivity index (χ1v) is 9.05. The second kappa shape index (κ2) is 9.06. The highest BCUT2D eigenvalue weighted by atomic mass is 35.5.